The van der Waals surface area contributed by atoms with E-state index in [1.807, 2.05) is 80.2 Å². The first-order chi connectivity index (χ1) is 17.5. The second kappa shape index (κ2) is 9.55. The van der Waals surface area contributed by atoms with Crippen molar-refractivity contribution in [3.05, 3.63) is 77.4 Å². The van der Waals surface area contributed by atoms with Crippen molar-refractivity contribution in [3.63, 3.8) is 0 Å². The first-order valence-corrected chi connectivity index (χ1v) is 11.9. The van der Waals surface area contributed by atoms with Crippen LogP contribution in [-0.2, 0) is 13.0 Å². The third-order valence-corrected chi connectivity index (χ3v) is 6.03. The van der Waals surface area contributed by atoms with Crippen molar-refractivity contribution in [3.8, 4) is 11.8 Å². The Hall–Kier alpha value is -4.64. The van der Waals surface area contributed by atoms with Crippen molar-refractivity contribution >= 4 is 38.9 Å². The number of nitrogens with zero attached hydrogens (tertiary/aromatic N) is 5. The number of nitrogen functional groups attached to an aromatic ring is 1. The normalized spacial score (nSPS) is 11.1. The Kier molecular flexibility index (Phi) is 6.13. The number of nitriles is 1. The molecule has 0 aliphatic carbocycles. The lowest BCUT2D eigenvalue weighted by atomic mass is 10.0. The fourth-order valence-corrected chi connectivity index (χ4v) is 4.38. The van der Waals surface area contributed by atoms with Crippen LogP contribution < -0.4 is 15.8 Å². The molecule has 5 rings (SSSR count). The molecular formula is C28H27N7O. The number of hydrogen-bond donors (Lipinski definition) is 2. The number of aromatic nitrogens is 4. The fraction of sp³-hybridized carbons (Fsp3) is 0.214. The van der Waals surface area contributed by atoms with Crippen molar-refractivity contribution in [2.75, 3.05) is 17.7 Å². The molecule has 0 unspecified atom stereocenters. The number of nitrogens with one attached hydrogen (secondary N) is 1. The molecule has 0 bridgehead atoms. The van der Waals surface area contributed by atoms with Gasteiger partial charge in [-0.05, 0) is 56.7 Å². The predicted molar refractivity (Wildman–Crippen MR) is 143 cm³/mol. The minimum atomic E-state index is 0.504. The molecule has 0 spiro atoms. The molecule has 5 aromatic rings. The zero-order valence-electron chi connectivity index (χ0n) is 20.5. The highest BCUT2D eigenvalue weighted by Gasteiger charge is 2.17. The average molecular weight is 478 g/mol. The second-order valence-corrected chi connectivity index (χ2v) is 8.61. The molecule has 3 heterocycles. The van der Waals surface area contributed by atoms with Crippen LogP contribution in [-0.4, -0.2) is 26.4 Å². The third kappa shape index (κ3) is 4.39. The van der Waals surface area contributed by atoms with Crippen LogP contribution in [0.4, 0.5) is 17.1 Å². The summed E-state index contributed by atoms with van der Waals surface area (Å²) in [6.07, 6.45) is 2.63. The molecule has 0 atom stereocenters. The van der Waals surface area contributed by atoms with E-state index in [-0.39, 0.29) is 0 Å². The highest BCUT2D eigenvalue weighted by Crippen LogP contribution is 2.36. The quantitative estimate of drug-likeness (QED) is 0.298. The summed E-state index contributed by atoms with van der Waals surface area (Å²) in [6.45, 7) is 6.98. The van der Waals surface area contributed by atoms with Gasteiger partial charge in [0.05, 0.1) is 52.5 Å². The molecule has 0 radical (unpaired) electrons. The lowest BCUT2D eigenvalue weighted by Crippen LogP contribution is -2.04. The molecule has 3 aromatic heterocycles. The number of aryl methyl sites for hydroxylation is 2. The van der Waals surface area contributed by atoms with Crippen LogP contribution in [0.2, 0.25) is 0 Å². The summed E-state index contributed by atoms with van der Waals surface area (Å²) in [7, 11) is 0. The Morgan fingerprint density at radius 1 is 1.08 bits per heavy atom. The van der Waals surface area contributed by atoms with Gasteiger partial charge >= 0.3 is 0 Å². The zero-order chi connectivity index (χ0) is 25.2. The molecule has 0 amide bonds. The maximum absolute atomic E-state index is 10.0. The van der Waals surface area contributed by atoms with E-state index in [1.54, 1.807) is 0 Å². The van der Waals surface area contributed by atoms with Gasteiger partial charge in [-0.2, -0.15) is 10.4 Å². The van der Waals surface area contributed by atoms with Crippen molar-refractivity contribution in [2.45, 2.75) is 33.7 Å². The van der Waals surface area contributed by atoms with E-state index in [9.17, 15) is 5.26 Å². The number of hydrogen-bond acceptors (Lipinski definition) is 7. The Bertz CT molecular complexity index is 1630. The van der Waals surface area contributed by atoms with Gasteiger partial charge in [0.1, 0.15) is 11.8 Å². The lowest BCUT2D eigenvalue weighted by molar-refractivity contribution is 0.342. The summed E-state index contributed by atoms with van der Waals surface area (Å²) in [4.78, 5) is 9.31. The van der Waals surface area contributed by atoms with Crippen LogP contribution in [0.25, 0.3) is 21.8 Å². The first kappa shape index (κ1) is 23.1. The number of ether oxygens (including phenoxy) is 1. The first-order valence-electron chi connectivity index (χ1n) is 11.9. The van der Waals surface area contributed by atoms with E-state index in [0.29, 0.717) is 42.3 Å². The largest absolute Gasteiger partial charge is 0.492 e. The Balaban J connectivity index is 1.55. The summed E-state index contributed by atoms with van der Waals surface area (Å²) < 4.78 is 7.56. The summed E-state index contributed by atoms with van der Waals surface area (Å²) >= 11 is 0. The van der Waals surface area contributed by atoms with Gasteiger partial charge in [0.25, 0.3) is 0 Å². The van der Waals surface area contributed by atoms with Gasteiger partial charge in [0.2, 0.25) is 0 Å². The molecule has 8 nitrogen and oxygen atoms in total. The lowest BCUT2D eigenvalue weighted by Gasteiger charge is -2.16. The Morgan fingerprint density at radius 3 is 2.69 bits per heavy atom. The minimum Gasteiger partial charge on any atom is -0.492 e. The standard InChI is InChI=1S/C28H27N7O/c1-4-24-22(14-29)28(21-12-23(30)27(36-5-2)13-26(21)33-24)32-19-9-10-25-18(11-19)15-35(34-25)16-20-8-6-7-17(3)31-20/h6-13,15H,4-5,16,30H2,1-3H3,(H,32,33). The van der Waals surface area contributed by atoms with E-state index in [2.05, 4.69) is 16.4 Å². The maximum Gasteiger partial charge on any atom is 0.144 e. The van der Waals surface area contributed by atoms with Gasteiger partial charge in [0.15, 0.2) is 0 Å². The van der Waals surface area contributed by atoms with Crippen molar-refractivity contribution in [1.29, 1.82) is 5.26 Å². The molecule has 0 fully saturated rings. The Labute approximate surface area is 209 Å². The monoisotopic (exact) mass is 477 g/mol. The SMILES string of the molecule is CCOc1cc2nc(CC)c(C#N)c(Nc3ccc4nn(Cc5cccc(C)n5)cc4c3)c2cc1N. The maximum atomic E-state index is 10.0. The zero-order valence-corrected chi connectivity index (χ0v) is 20.5. The molecule has 0 saturated carbocycles. The van der Waals surface area contributed by atoms with Crippen LogP contribution in [0.1, 0.15) is 36.5 Å². The molecular weight excluding hydrogens is 450 g/mol. The molecule has 0 aliphatic heterocycles. The topological polar surface area (TPSA) is 115 Å². The summed E-state index contributed by atoms with van der Waals surface area (Å²) in [5.74, 6) is 0.590. The highest BCUT2D eigenvalue weighted by atomic mass is 16.5. The summed E-state index contributed by atoms with van der Waals surface area (Å²) in [5.41, 5.74) is 13.1. The molecule has 8 heteroatoms. The second-order valence-electron chi connectivity index (χ2n) is 8.61. The number of benzene rings is 2. The van der Waals surface area contributed by atoms with Gasteiger partial charge in [0, 0.05) is 34.4 Å². The van der Waals surface area contributed by atoms with E-state index in [4.69, 9.17) is 20.6 Å². The number of anilines is 3. The Morgan fingerprint density at radius 2 is 1.94 bits per heavy atom. The number of rotatable bonds is 7. The third-order valence-electron chi connectivity index (χ3n) is 6.03. The van der Waals surface area contributed by atoms with E-state index < -0.39 is 0 Å². The number of nitrogens with two attached hydrogens (primary N) is 1. The molecule has 3 N–H and O–H groups in total. The smallest absolute Gasteiger partial charge is 0.144 e. The van der Waals surface area contributed by atoms with Gasteiger partial charge in [-0.3, -0.25) is 14.6 Å². The number of pyridine rings is 2. The van der Waals surface area contributed by atoms with Crippen LogP contribution in [0, 0.1) is 18.3 Å². The summed E-state index contributed by atoms with van der Waals surface area (Å²) in [6, 6.07) is 17.9. The molecule has 36 heavy (non-hydrogen) atoms. The molecule has 2 aromatic carbocycles. The van der Waals surface area contributed by atoms with Crippen molar-refractivity contribution < 1.29 is 4.74 Å². The number of fused-ring (bicyclic) bond motifs is 2. The average Bonchev–Trinajstić information content (AvgIpc) is 3.26. The van der Waals surface area contributed by atoms with Crippen molar-refractivity contribution in [2.24, 2.45) is 0 Å². The minimum absolute atomic E-state index is 0.504. The summed E-state index contributed by atoms with van der Waals surface area (Å²) in [5, 5.41) is 19.9. The molecule has 0 aliphatic rings. The van der Waals surface area contributed by atoms with Gasteiger partial charge in [-0.25, -0.2) is 0 Å². The molecule has 0 saturated heterocycles. The van der Waals surface area contributed by atoms with Crippen LogP contribution >= 0.6 is 0 Å². The van der Waals surface area contributed by atoms with Crippen molar-refractivity contribution in [1.82, 2.24) is 19.7 Å². The predicted octanol–water partition coefficient (Wildman–Crippen LogP) is 5.49. The highest BCUT2D eigenvalue weighted by molar-refractivity contribution is 6.00. The van der Waals surface area contributed by atoms with Crippen LogP contribution in [0.5, 0.6) is 5.75 Å². The van der Waals surface area contributed by atoms with E-state index in [1.165, 1.54) is 0 Å². The van der Waals surface area contributed by atoms with E-state index >= 15 is 0 Å². The van der Waals surface area contributed by atoms with Gasteiger partial charge < -0.3 is 15.8 Å². The molecule has 180 valence electrons. The van der Waals surface area contributed by atoms with Gasteiger partial charge in [-0.1, -0.05) is 13.0 Å². The van der Waals surface area contributed by atoms with E-state index in [0.717, 1.165) is 44.6 Å². The van der Waals surface area contributed by atoms with Crippen LogP contribution in [0.3, 0.4) is 0 Å². The fourth-order valence-electron chi connectivity index (χ4n) is 4.38. The van der Waals surface area contributed by atoms with Crippen LogP contribution in [0.15, 0.2) is 54.7 Å². The van der Waals surface area contributed by atoms with Gasteiger partial charge in [-0.15, -0.1) is 0 Å².